The molecule has 0 atom stereocenters. The lowest BCUT2D eigenvalue weighted by Crippen LogP contribution is -2.20. The normalized spacial score (nSPS) is 12.9. The first kappa shape index (κ1) is 13.3. The molecule has 1 aliphatic rings. The minimum atomic E-state index is -0.652. The molecule has 0 spiro atoms. The van der Waals surface area contributed by atoms with Crippen LogP contribution in [0.15, 0.2) is 28.7 Å². The van der Waals surface area contributed by atoms with Crippen molar-refractivity contribution in [2.45, 2.75) is 13.8 Å². The molecule has 1 aromatic heterocycles. The van der Waals surface area contributed by atoms with Crippen molar-refractivity contribution in [2.75, 3.05) is 6.61 Å². The summed E-state index contributed by atoms with van der Waals surface area (Å²) in [7, 11) is 0. The molecule has 0 bridgehead atoms. The molecule has 1 aromatic carbocycles. The van der Waals surface area contributed by atoms with Gasteiger partial charge in [0.1, 0.15) is 5.76 Å². The van der Waals surface area contributed by atoms with Gasteiger partial charge in [-0.1, -0.05) is 24.3 Å². The van der Waals surface area contributed by atoms with Crippen molar-refractivity contribution in [2.24, 2.45) is 0 Å². The number of carbonyl (C=O) groups excluding carboxylic acids is 3. The quantitative estimate of drug-likeness (QED) is 0.626. The Morgan fingerprint density at radius 3 is 2.48 bits per heavy atom. The summed E-state index contributed by atoms with van der Waals surface area (Å²) in [6.07, 6.45) is 0. The van der Waals surface area contributed by atoms with E-state index < -0.39 is 17.5 Å². The van der Waals surface area contributed by atoms with E-state index in [0.717, 1.165) is 0 Å². The molecule has 0 saturated heterocycles. The Bertz CT molecular complexity index is 782. The lowest BCUT2D eigenvalue weighted by molar-refractivity contribution is 0.0490. The Balaban J connectivity index is 2.26. The number of benzene rings is 1. The molecule has 0 amide bonds. The third-order valence-electron chi connectivity index (χ3n) is 3.46. The zero-order valence-corrected chi connectivity index (χ0v) is 11.6. The third kappa shape index (κ3) is 1.81. The lowest BCUT2D eigenvalue weighted by atomic mass is 9.87. The number of ether oxygens (including phenoxy) is 1. The third-order valence-corrected chi connectivity index (χ3v) is 3.46. The highest BCUT2D eigenvalue weighted by Gasteiger charge is 2.37. The van der Waals surface area contributed by atoms with E-state index in [-0.39, 0.29) is 23.7 Å². The fourth-order valence-corrected chi connectivity index (χ4v) is 2.48. The van der Waals surface area contributed by atoms with E-state index in [0.29, 0.717) is 16.7 Å². The first-order valence-electron chi connectivity index (χ1n) is 6.55. The van der Waals surface area contributed by atoms with Crippen LogP contribution in [0.2, 0.25) is 0 Å². The molecule has 0 fully saturated rings. The number of hydrogen-bond acceptors (Lipinski definition) is 5. The van der Waals surface area contributed by atoms with Crippen molar-refractivity contribution in [3.63, 3.8) is 0 Å². The highest BCUT2D eigenvalue weighted by atomic mass is 16.5. The minimum Gasteiger partial charge on any atom is -0.460 e. The van der Waals surface area contributed by atoms with E-state index in [9.17, 15) is 14.4 Å². The predicted octanol–water partition coefficient (Wildman–Crippen LogP) is 2.81. The van der Waals surface area contributed by atoms with Gasteiger partial charge in [-0.2, -0.15) is 0 Å². The maximum atomic E-state index is 12.2. The second-order valence-corrected chi connectivity index (χ2v) is 4.68. The Morgan fingerprint density at radius 2 is 1.81 bits per heavy atom. The van der Waals surface area contributed by atoms with Crippen molar-refractivity contribution in [3.8, 4) is 11.3 Å². The van der Waals surface area contributed by atoms with Gasteiger partial charge in [0.05, 0.1) is 12.2 Å². The SMILES string of the molecule is CCOC(=O)c1oc2c(c1C)C(=O)C(=O)c1ccccc1-2. The highest BCUT2D eigenvalue weighted by Crippen LogP contribution is 2.38. The van der Waals surface area contributed by atoms with Crippen LogP contribution in [-0.2, 0) is 4.74 Å². The monoisotopic (exact) mass is 284 g/mol. The molecule has 106 valence electrons. The van der Waals surface area contributed by atoms with Crippen LogP contribution in [0.1, 0.15) is 43.8 Å². The number of fused-ring (bicyclic) bond motifs is 3. The first-order chi connectivity index (χ1) is 10.1. The van der Waals surface area contributed by atoms with Gasteiger partial charge in [0.15, 0.2) is 0 Å². The van der Waals surface area contributed by atoms with Crippen LogP contribution in [0, 0.1) is 6.92 Å². The number of furan rings is 1. The van der Waals surface area contributed by atoms with Crippen LogP contribution in [0.25, 0.3) is 11.3 Å². The Morgan fingerprint density at radius 1 is 1.14 bits per heavy atom. The van der Waals surface area contributed by atoms with Gasteiger partial charge < -0.3 is 9.15 Å². The zero-order chi connectivity index (χ0) is 15.1. The molecule has 0 aliphatic heterocycles. The van der Waals surface area contributed by atoms with E-state index in [2.05, 4.69) is 0 Å². The summed E-state index contributed by atoms with van der Waals surface area (Å²) in [5.41, 5.74) is 1.31. The molecule has 0 saturated carbocycles. The van der Waals surface area contributed by atoms with Gasteiger partial charge in [-0.3, -0.25) is 9.59 Å². The van der Waals surface area contributed by atoms with E-state index in [4.69, 9.17) is 9.15 Å². The number of rotatable bonds is 2. The minimum absolute atomic E-state index is 0.0281. The topological polar surface area (TPSA) is 73.6 Å². The summed E-state index contributed by atoms with van der Waals surface area (Å²) in [5, 5.41) is 0. The fourth-order valence-electron chi connectivity index (χ4n) is 2.48. The van der Waals surface area contributed by atoms with E-state index >= 15 is 0 Å². The average Bonchev–Trinajstić information content (AvgIpc) is 2.83. The Kier molecular flexibility index (Phi) is 2.97. The van der Waals surface area contributed by atoms with Crippen molar-refractivity contribution < 1.29 is 23.5 Å². The van der Waals surface area contributed by atoms with Crippen molar-refractivity contribution in [3.05, 3.63) is 46.7 Å². The number of Topliss-reactive ketones (excluding diaryl/α,β-unsaturated/α-hetero) is 2. The molecule has 2 aromatic rings. The maximum absolute atomic E-state index is 12.2. The van der Waals surface area contributed by atoms with E-state index in [1.165, 1.54) is 0 Å². The van der Waals surface area contributed by atoms with Crippen molar-refractivity contribution >= 4 is 17.5 Å². The molecule has 0 N–H and O–H groups in total. The predicted molar refractivity (Wildman–Crippen MR) is 73.5 cm³/mol. The molecule has 1 heterocycles. The molecular formula is C16H12O5. The van der Waals surface area contributed by atoms with E-state index in [1.807, 2.05) is 0 Å². The zero-order valence-electron chi connectivity index (χ0n) is 11.6. The highest BCUT2D eigenvalue weighted by molar-refractivity contribution is 6.53. The van der Waals surface area contributed by atoms with E-state index in [1.54, 1.807) is 38.1 Å². The van der Waals surface area contributed by atoms with Crippen LogP contribution in [0.5, 0.6) is 0 Å². The molecule has 5 nitrogen and oxygen atoms in total. The van der Waals surface area contributed by atoms with Gasteiger partial charge in [-0.05, 0) is 13.8 Å². The largest absolute Gasteiger partial charge is 0.460 e. The van der Waals surface area contributed by atoms with Crippen LogP contribution >= 0.6 is 0 Å². The summed E-state index contributed by atoms with van der Waals surface area (Å²) >= 11 is 0. The van der Waals surface area contributed by atoms with Gasteiger partial charge in [0, 0.05) is 16.7 Å². The number of hydrogen-bond donors (Lipinski definition) is 0. The van der Waals surface area contributed by atoms with Crippen molar-refractivity contribution in [1.29, 1.82) is 0 Å². The molecule has 3 rings (SSSR count). The Hall–Kier alpha value is -2.69. The van der Waals surface area contributed by atoms with Gasteiger partial charge in [-0.15, -0.1) is 0 Å². The standard InChI is InChI=1S/C16H12O5/c1-3-20-16(19)14-8(2)11-13(18)12(17)9-6-4-5-7-10(9)15(11)21-14/h4-7H,3H2,1-2H3. The number of ketones is 2. The average molecular weight is 284 g/mol. The van der Waals surface area contributed by atoms with Crippen LogP contribution in [0.4, 0.5) is 0 Å². The summed E-state index contributed by atoms with van der Waals surface area (Å²) in [6, 6.07) is 6.68. The summed E-state index contributed by atoms with van der Waals surface area (Å²) in [4.78, 5) is 36.2. The molecule has 21 heavy (non-hydrogen) atoms. The lowest BCUT2D eigenvalue weighted by Gasteiger charge is -2.12. The van der Waals surface area contributed by atoms with Crippen LogP contribution in [-0.4, -0.2) is 24.1 Å². The molecule has 0 unspecified atom stereocenters. The second kappa shape index (κ2) is 4.70. The van der Waals surface area contributed by atoms with Crippen molar-refractivity contribution in [1.82, 2.24) is 0 Å². The second-order valence-electron chi connectivity index (χ2n) is 4.68. The van der Waals surface area contributed by atoms with Crippen LogP contribution < -0.4 is 0 Å². The van der Waals surface area contributed by atoms with Gasteiger partial charge in [-0.25, -0.2) is 4.79 Å². The molecule has 5 heteroatoms. The maximum Gasteiger partial charge on any atom is 0.374 e. The number of carbonyl (C=O) groups is 3. The first-order valence-corrected chi connectivity index (χ1v) is 6.55. The smallest absolute Gasteiger partial charge is 0.374 e. The summed E-state index contributed by atoms with van der Waals surface area (Å²) in [6.45, 7) is 3.46. The molecular weight excluding hydrogens is 272 g/mol. The fraction of sp³-hybridized carbons (Fsp3) is 0.188. The van der Waals surface area contributed by atoms with Crippen LogP contribution in [0.3, 0.4) is 0 Å². The molecule has 1 aliphatic carbocycles. The van der Waals surface area contributed by atoms with Gasteiger partial charge in [0.25, 0.3) is 0 Å². The Labute approximate surface area is 120 Å². The molecule has 0 radical (unpaired) electrons. The van der Waals surface area contributed by atoms with Gasteiger partial charge in [0.2, 0.25) is 17.3 Å². The van der Waals surface area contributed by atoms with Gasteiger partial charge >= 0.3 is 5.97 Å². The number of esters is 1. The summed E-state index contributed by atoms with van der Waals surface area (Å²) in [5.74, 6) is -1.64. The summed E-state index contributed by atoms with van der Waals surface area (Å²) < 4.78 is 10.5.